The molecule has 0 unspecified atom stereocenters. The predicted molar refractivity (Wildman–Crippen MR) is 142 cm³/mol. The van der Waals surface area contributed by atoms with Gasteiger partial charge in [-0.2, -0.15) is 0 Å². The van der Waals surface area contributed by atoms with Crippen molar-refractivity contribution < 1.29 is 18.3 Å². The second-order valence-electron chi connectivity index (χ2n) is 10.9. The van der Waals surface area contributed by atoms with Crippen LogP contribution in [-0.4, -0.2) is 81.6 Å². The Hall–Kier alpha value is -2.56. The van der Waals surface area contributed by atoms with Crippen molar-refractivity contribution in [3.63, 3.8) is 0 Å². The van der Waals surface area contributed by atoms with E-state index in [9.17, 15) is 4.79 Å². The van der Waals surface area contributed by atoms with E-state index in [-0.39, 0.29) is 23.4 Å². The molecule has 0 aliphatic carbocycles. The summed E-state index contributed by atoms with van der Waals surface area (Å²) >= 11 is 0. The summed E-state index contributed by atoms with van der Waals surface area (Å²) in [6.07, 6.45) is 3.19. The summed E-state index contributed by atoms with van der Waals surface area (Å²) in [6, 6.07) is 5.49. The van der Waals surface area contributed by atoms with Gasteiger partial charge in [0.15, 0.2) is 14.1 Å². The van der Waals surface area contributed by atoms with E-state index < -0.39 is 8.32 Å². The van der Waals surface area contributed by atoms with Crippen LogP contribution < -0.4 is 9.80 Å². The molecule has 4 rings (SSSR count). The molecule has 10 heteroatoms. The first-order valence-electron chi connectivity index (χ1n) is 12.7. The molecular formula is C26H38FN5O3Si. The van der Waals surface area contributed by atoms with Gasteiger partial charge in [-0.1, -0.05) is 32.9 Å². The lowest BCUT2D eigenvalue weighted by Crippen LogP contribution is -2.49. The van der Waals surface area contributed by atoms with E-state index in [1.807, 2.05) is 11.0 Å². The quantitative estimate of drug-likeness (QED) is 0.540. The van der Waals surface area contributed by atoms with Gasteiger partial charge in [0.1, 0.15) is 0 Å². The molecule has 8 nitrogen and oxygen atoms in total. The lowest BCUT2D eigenvalue weighted by molar-refractivity contribution is 0.0745. The molecule has 36 heavy (non-hydrogen) atoms. The molecule has 2 fully saturated rings. The van der Waals surface area contributed by atoms with Crippen molar-refractivity contribution in [1.82, 2.24) is 14.9 Å². The number of halogens is 1. The molecule has 1 aromatic heterocycles. The number of carbonyl (C=O) groups is 1. The zero-order chi connectivity index (χ0) is 25.9. The first-order chi connectivity index (χ1) is 17.1. The van der Waals surface area contributed by atoms with Crippen LogP contribution in [0.4, 0.5) is 16.0 Å². The minimum absolute atomic E-state index is 0.0673. The number of aromatic nitrogens is 2. The van der Waals surface area contributed by atoms with E-state index in [1.54, 1.807) is 29.4 Å². The normalized spacial score (nSPS) is 17.4. The number of benzene rings is 1. The molecule has 0 bridgehead atoms. The smallest absolute Gasteiger partial charge is 0.257 e. The van der Waals surface area contributed by atoms with E-state index in [4.69, 9.17) is 9.16 Å². The fourth-order valence-electron chi connectivity index (χ4n) is 4.09. The molecule has 1 aromatic carbocycles. The van der Waals surface area contributed by atoms with Gasteiger partial charge in [-0.05, 0) is 24.2 Å². The molecular weight excluding hydrogens is 477 g/mol. The van der Waals surface area contributed by atoms with Crippen molar-refractivity contribution in [2.45, 2.75) is 45.5 Å². The highest BCUT2D eigenvalue weighted by Gasteiger charge is 2.37. The molecule has 0 atom stereocenters. The summed E-state index contributed by atoms with van der Waals surface area (Å²) in [5, 5.41) is 0.0673. The third kappa shape index (κ3) is 5.87. The van der Waals surface area contributed by atoms with Gasteiger partial charge in [0.25, 0.3) is 5.91 Å². The van der Waals surface area contributed by atoms with E-state index >= 15 is 4.39 Å². The fourth-order valence-corrected chi connectivity index (χ4v) is 5.04. The Morgan fingerprint density at radius 3 is 2.28 bits per heavy atom. The number of hydrogen-bond donors (Lipinski definition) is 0. The summed E-state index contributed by atoms with van der Waals surface area (Å²) in [7, 11) is -1.98. The number of hydrogen-bond acceptors (Lipinski definition) is 7. The van der Waals surface area contributed by atoms with E-state index in [2.05, 4.69) is 48.7 Å². The Labute approximate surface area is 214 Å². The summed E-state index contributed by atoms with van der Waals surface area (Å²) in [5.41, 5.74) is 1.61. The first-order valence-corrected chi connectivity index (χ1v) is 15.6. The minimum atomic E-state index is -1.98. The largest absolute Gasteiger partial charge is 0.412 e. The van der Waals surface area contributed by atoms with Crippen molar-refractivity contribution in [2.24, 2.45) is 0 Å². The highest BCUT2D eigenvalue weighted by molar-refractivity contribution is 6.74. The van der Waals surface area contributed by atoms with Gasteiger partial charge >= 0.3 is 0 Å². The summed E-state index contributed by atoms with van der Waals surface area (Å²) in [6.45, 7) is 16.1. The number of rotatable bonds is 6. The molecule has 2 aliphatic heterocycles. The fraction of sp³-hybridized carbons (Fsp3) is 0.577. The van der Waals surface area contributed by atoms with Crippen LogP contribution in [0.3, 0.4) is 0 Å². The molecule has 0 spiro atoms. The Morgan fingerprint density at radius 1 is 1.03 bits per heavy atom. The number of anilines is 2. The Bertz CT molecular complexity index is 1050. The van der Waals surface area contributed by atoms with Crippen molar-refractivity contribution in [3.05, 3.63) is 47.5 Å². The third-order valence-corrected chi connectivity index (χ3v) is 12.0. The van der Waals surface area contributed by atoms with Crippen molar-refractivity contribution in [1.29, 1.82) is 0 Å². The van der Waals surface area contributed by atoms with Gasteiger partial charge in [0, 0.05) is 57.2 Å². The monoisotopic (exact) mass is 515 g/mol. The highest BCUT2D eigenvalue weighted by Crippen LogP contribution is 2.37. The highest BCUT2D eigenvalue weighted by atomic mass is 28.4. The maximum atomic E-state index is 15.4. The van der Waals surface area contributed by atoms with Crippen LogP contribution in [0.25, 0.3) is 0 Å². The van der Waals surface area contributed by atoms with Crippen molar-refractivity contribution >= 4 is 25.9 Å². The van der Waals surface area contributed by atoms with Crippen molar-refractivity contribution in [2.75, 3.05) is 62.3 Å². The number of ether oxygens (including phenoxy) is 1. The standard InChI is InChI=1S/C26H38FN5O3Si/c1-26(2,3)36(4,5)35-19-20-7-6-8-22(23(20)27)30-9-11-31(12-10-30)24(33)21-17-28-25(29-18-21)32-13-15-34-16-14-32/h6-8,17-18H,9-16,19H2,1-5H3. The lowest BCUT2D eigenvalue weighted by atomic mass is 10.1. The average Bonchev–Trinajstić information content (AvgIpc) is 2.88. The zero-order valence-electron chi connectivity index (χ0n) is 22.1. The average molecular weight is 516 g/mol. The SMILES string of the molecule is CC(C)(C)[Si](C)(C)OCc1cccc(N2CCN(C(=O)c3cnc(N4CCOCC4)nc3)CC2)c1F. The Balaban J connectivity index is 1.35. The minimum Gasteiger partial charge on any atom is -0.412 e. The zero-order valence-corrected chi connectivity index (χ0v) is 23.1. The molecule has 2 aromatic rings. The van der Waals surface area contributed by atoms with Crippen LogP contribution in [0.15, 0.2) is 30.6 Å². The van der Waals surface area contributed by atoms with Gasteiger partial charge in [-0.15, -0.1) is 0 Å². The van der Waals surface area contributed by atoms with Gasteiger partial charge < -0.3 is 23.9 Å². The molecule has 0 radical (unpaired) electrons. The maximum Gasteiger partial charge on any atom is 0.257 e. The second kappa shape index (κ2) is 10.8. The van der Waals surface area contributed by atoms with E-state index in [1.165, 1.54) is 0 Å². The summed E-state index contributed by atoms with van der Waals surface area (Å²) in [4.78, 5) is 27.7. The molecule has 3 heterocycles. The van der Waals surface area contributed by atoms with Crippen LogP contribution >= 0.6 is 0 Å². The lowest BCUT2D eigenvalue weighted by Gasteiger charge is -2.37. The number of morpholine rings is 1. The molecule has 196 valence electrons. The van der Waals surface area contributed by atoms with E-state index in [0.717, 1.165) is 13.1 Å². The van der Waals surface area contributed by atoms with Crippen LogP contribution in [-0.2, 0) is 15.8 Å². The van der Waals surface area contributed by atoms with Crippen LogP contribution in [0.5, 0.6) is 0 Å². The molecule has 2 aliphatic rings. The van der Waals surface area contributed by atoms with Gasteiger partial charge in [-0.3, -0.25) is 4.79 Å². The summed E-state index contributed by atoms with van der Waals surface area (Å²) < 4.78 is 27.0. The third-order valence-electron chi connectivity index (χ3n) is 7.54. The van der Waals surface area contributed by atoms with Crippen LogP contribution in [0.1, 0.15) is 36.7 Å². The van der Waals surface area contributed by atoms with Crippen LogP contribution in [0.2, 0.25) is 18.1 Å². The molecule has 0 N–H and O–H groups in total. The Morgan fingerprint density at radius 2 is 1.67 bits per heavy atom. The van der Waals surface area contributed by atoms with Gasteiger partial charge in [0.2, 0.25) is 5.95 Å². The number of piperazine rings is 1. The second-order valence-corrected chi connectivity index (χ2v) is 15.8. The first kappa shape index (κ1) is 26.5. The number of nitrogens with zero attached hydrogens (tertiary/aromatic N) is 5. The number of amides is 1. The van der Waals surface area contributed by atoms with Gasteiger partial charge in [-0.25, -0.2) is 14.4 Å². The Kier molecular flexibility index (Phi) is 7.96. The molecule has 0 saturated carbocycles. The molecule has 2 saturated heterocycles. The number of carbonyl (C=O) groups excluding carboxylic acids is 1. The van der Waals surface area contributed by atoms with Crippen LogP contribution in [0, 0.1) is 5.82 Å². The maximum absolute atomic E-state index is 15.4. The van der Waals surface area contributed by atoms with Crippen molar-refractivity contribution in [3.8, 4) is 0 Å². The predicted octanol–water partition coefficient (Wildman–Crippen LogP) is 3.94. The van der Waals surface area contributed by atoms with E-state index in [0.29, 0.717) is 62.2 Å². The van der Waals surface area contributed by atoms with Gasteiger partial charge in [0.05, 0.1) is 31.1 Å². The molecule has 1 amide bonds. The summed E-state index contributed by atoms with van der Waals surface area (Å²) in [5.74, 6) is 0.288. The topological polar surface area (TPSA) is 71.0 Å².